The highest BCUT2D eigenvalue weighted by atomic mass is 32.2. The second kappa shape index (κ2) is 5.19. The van der Waals surface area contributed by atoms with Gasteiger partial charge in [0.2, 0.25) is 0 Å². The number of aromatic nitrogens is 1. The minimum atomic E-state index is -1.06. The zero-order valence-corrected chi connectivity index (χ0v) is 13.0. The average molecular weight is 278 g/mol. The summed E-state index contributed by atoms with van der Waals surface area (Å²) in [6, 6.07) is 8.43. The van der Waals surface area contributed by atoms with Crippen LogP contribution in [0.1, 0.15) is 39.3 Å². The van der Waals surface area contributed by atoms with Crippen LogP contribution in [0.4, 0.5) is 0 Å². The molecule has 0 aliphatic rings. The molecular weight excluding hydrogens is 256 g/mol. The van der Waals surface area contributed by atoms with Crippen LogP contribution < -0.4 is 4.72 Å². The summed E-state index contributed by atoms with van der Waals surface area (Å²) in [7, 11) is 2.04. The molecule has 0 unspecified atom stereocenters. The van der Waals surface area contributed by atoms with Crippen LogP contribution in [0.25, 0.3) is 10.9 Å². The van der Waals surface area contributed by atoms with Crippen molar-refractivity contribution in [2.45, 2.75) is 38.5 Å². The Morgan fingerprint density at radius 3 is 2.58 bits per heavy atom. The molecule has 0 spiro atoms. The van der Waals surface area contributed by atoms with Crippen molar-refractivity contribution in [3.63, 3.8) is 0 Å². The van der Waals surface area contributed by atoms with Crippen molar-refractivity contribution >= 4 is 22.3 Å². The Morgan fingerprint density at radius 1 is 1.26 bits per heavy atom. The summed E-state index contributed by atoms with van der Waals surface area (Å²) >= 11 is -1.06. The highest BCUT2D eigenvalue weighted by Crippen LogP contribution is 2.26. The molecular formula is C15H22N2OS. The normalized spacial score (nSPS) is 15.7. The topological polar surface area (TPSA) is 40.0 Å². The number of aryl methyl sites for hydroxylation is 1. The zero-order valence-electron chi connectivity index (χ0n) is 12.2. The van der Waals surface area contributed by atoms with Gasteiger partial charge in [-0.3, -0.25) is 0 Å². The largest absolute Gasteiger partial charge is 0.598 e. The van der Waals surface area contributed by atoms with Crippen LogP contribution in [-0.2, 0) is 18.4 Å². The summed E-state index contributed by atoms with van der Waals surface area (Å²) in [6.07, 6.45) is 2.06. The summed E-state index contributed by atoms with van der Waals surface area (Å²) in [4.78, 5) is 0. The number of hydrogen-bond donors (Lipinski definition) is 1. The van der Waals surface area contributed by atoms with Gasteiger partial charge in [0.25, 0.3) is 0 Å². The highest BCUT2D eigenvalue weighted by Gasteiger charge is 2.28. The second-order valence-electron chi connectivity index (χ2n) is 5.93. The van der Waals surface area contributed by atoms with Gasteiger partial charge in [-0.15, -0.1) is 4.72 Å². The Bertz CT molecular complexity index is 571. The lowest BCUT2D eigenvalue weighted by Crippen LogP contribution is -2.40. The van der Waals surface area contributed by atoms with Gasteiger partial charge in [0.1, 0.15) is 4.75 Å². The van der Waals surface area contributed by atoms with E-state index in [1.165, 1.54) is 16.5 Å². The number of nitrogens with one attached hydrogen (secondary N) is 1. The molecule has 1 heterocycles. The third-order valence-corrected chi connectivity index (χ3v) is 4.95. The zero-order chi connectivity index (χ0) is 14.2. The minimum Gasteiger partial charge on any atom is -0.598 e. The van der Waals surface area contributed by atoms with Gasteiger partial charge < -0.3 is 9.12 Å². The number of fused-ring (bicyclic) bond motifs is 1. The van der Waals surface area contributed by atoms with Gasteiger partial charge in [-0.05, 0) is 45.4 Å². The first-order valence-corrected chi connectivity index (χ1v) is 7.67. The molecule has 0 fully saturated rings. The van der Waals surface area contributed by atoms with Gasteiger partial charge >= 0.3 is 0 Å². The van der Waals surface area contributed by atoms with Crippen LogP contribution in [0.15, 0.2) is 30.5 Å². The van der Waals surface area contributed by atoms with Crippen molar-refractivity contribution in [3.8, 4) is 0 Å². The van der Waals surface area contributed by atoms with E-state index in [9.17, 15) is 4.55 Å². The SMILES string of the molecule is C[C@H](N[S@+]([O-])C(C)(C)C)c1cccc2c1ccn2C. The molecule has 1 N–H and O–H groups in total. The quantitative estimate of drug-likeness (QED) is 0.875. The maximum absolute atomic E-state index is 12.2. The minimum absolute atomic E-state index is 0.0613. The molecule has 104 valence electrons. The molecule has 0 aliphatic carbocycles. The molecule has 2 aromatic rings. The predicted octanol–water partition coefficient (Wildman–Crippen LogP) is 3.29. The van der Waals surface area contributed by atoms with Gasteiger partial charge in [-0.25, -0.2) is 0 Å². The maximum Gasteiger partial charge on any atom is 0.136 e. The van der Waals surface area contributed by atoms with Crippen LogP contribution in [0, 0.1) is 0 Å². The first kappa shape index (κ1) is 14.4. The lowest BCUT2D eigenvalue weighted by molar-refractivity contribution is 0.532. The average Bonchev–Trinajstić information content (AvgIpc) is 2.70. The van der Waals surface area contributed by atoms with Crippen molar-refractivity contribution in [2.75, 3.05) is 0 Å². The van der Waals surface area contributed by atoms with Gasteiger partial charge in [0, 0.05) is 35.5 Å². The molecule has 0 saturated carbocycles. The van der Waals surface area contributed by atoms with Gasteiger partial charge in [0.05, 0.1) is 6.04 Å². The van der Waals surface area contributed by atoms with E-state index in [2.05, 4.69) is 46.7 Å². The van der Waals surface area contributed by atoms with Crippen molar-refractivity contribution in [3.05, 3.63) is 36.0 Å². The van der Waals surface area contributed by atoms with Crippen molar-refractivity contribution in [2.24, 2.45) is 7.05 Å². The molecule has 0 aliphatic heterocycles. The second-order valence-corrected chi connectivity index (χ2v) is 7.93. The van der Waals surface area contributed by atoms with E-state index in [0.717, 1.165) is 0 Å². The molecule has 0 bridgehead atoms. The summed E-state index contributed by atoms with van der Waals surface area (Å²) in [5, 5.41) is 1.22. The Labute approximate surface area is 118 Å². The lowest BCUT2D eigenvalue weighted by Gasteiger charge is -2.26. The Balaban J connectivity index is 2.29. The van der Waals surface area contributed by atoms with Crippen LogP contribution in [0.3, 0.4) is 0 Å². The van der Waals surface area contributed by atoms with Crippen LogP contribution in [0.2, 0.25) is 0 Å². The fourth-order valence-electron chi connectivity index (χ4n) is 2.10. The summed E-state index contributed by atoms with van der Waals surface area (Å²) < 4.78 is 17.2. The Morgan fingerprint density at radius 2 is 1.95 bits per heavy atom. The molecule has 0 amide bonds. The molecule has 19 heavy (non-hydrogen) atoms. The molecule has 1 aromatic carbocycles. The van der Waals surface area contributed by atoms with Gasteiger partial charge in [0.15, 0.2) is 0 Å². The van der Waals surface area contributed by atoms with E-state index < -0.39 is 11.4 Å². The molecule has 4 heteroatoms. The summed E-state index contributed by atoms with van der Waals surface area (Å²) in [5.41, 5.74) is 2.39. The van der Waals surface area contributed by atoms with Crippen LogP contribution in [-0.4, -0.2) is 13.9 Å². The first-order chi connectivity index (χ1) is 8.80. The first-order valence-electron chi connectivity index (χ1n) is 6.52. The maximum atomic E-state index is 12.2. The molecule has 1 aromatic heterocycles. The Kier molecular flexibility index (Phi) is 3.95. The number of nitrogens with zero attached hydrogens (tertiary/aromatic N) is 1. The highest BCUT2D eigenvalue weighted by molar-refractivity contribution is 7.90. The van der Waals surface area contributed by atoms with Crippen molar-refractivity contribution in [1.29, 1.82) is 0 Å². The van der Waals surface area contributed by atoms with Gasteiger partial charge in [-0.2, -0.15) is 0 Å². The predicted molar refractivity (Wildman–Crippen MR) is 82.4 cm³/mol. The van der Waals surface area contributed by atoms with E-state index in [1.807, 2.05) is 27.8 Å². The summed E-state index contributed by atoms with van der Waals surface area (Å²) in [6.45, 7) is 8.00. The van der Waals surface area contributed by atoms with E-state index in [0.29, 0.717) is 0 Å². The third-order valence-electron chi connectivity index (χ3n) is 3.27. The Hall–Kier alpha value is -0.970. The van der Waals surface area contributed by atoms with Crippen LogP contribution in [0.5, 0.6) is 0 Å². The lowest BCUT2D eigenvalue weighted by atomic mass is 10.0. The van der Waals surface area contributed by atoms with E-state index in [1.54, 1.807) is 0 Å². The molecule has 2 atom stereocenters. The fourth-order valence-corrected chi connectivity index (χ4v) is 2.91. The number of hydrogen-bond acceptors (Lipinski definition) is 2. The third kappa shape index (κ3) is 2.96. The van der Waals surface area contributed by atoms with Crippen molar-refractivity contribution in [1.82, 2.24) is 9.29 Å². The molecule has 3 nitrogen and oxygen atoms in total. The number of benzene rings is 1. The summed E-state index contributed by atoms with van der Waals surface area (Å²) in [5.74, 6) is 0. The number of rotatable bonds is 3. The fraction of sp³-hybridized carbons (Fsp3) is 0.467. The monoisotopic (exact) mass is 278 g/mol. The van der Waals surface area contributed by atoms with E-state index >= 15 is 0 Å². The van der Waals surface area contributed by atoms with Crippen molar-refractivity contribution < 1.29 is 4.55 Å². The van der Waals surface area contributed by atoms with E-state index in [4.69, 9.17) is 0 Å². The standard InChI is InChI=1S/C15H22N2OS/c1-11(16-19(18)15(2,3)4)12-7-6-8-14-13(12)9-10-17(14)5/h6-11,16H,1-5H3/t11-,19+/m0/s1. The molecule has 0 saturated heterocycles. The van der Waals surface area contributed by atoms with Gasteiger partial charge in [-0.1, -0.05) is 12.1 Å². The van der Waals surface area contributed by atoms with Crippen LogP contribution >= 0.6 is 0 Å². The molecule has 2 rings (SSSR count). The van der Waals surface area contributed by atoms with E-state index in [-0.39, 0.29) is 10.8 Å². The smallest absolute Gasteiger partial charge is 0.136 e. The molecule has 0 radical (unpaired) electrons.